The van der Waals surface area contributed by atoms with E-state index in [-0.39, 0.29) is 22.6 Å². The topological polar surface area (TPSA) is 177 Å². The van der Waals surface area contributed by atoms with Crippen LogP contribution in [0.1, 0.15) is 47.0 Å². The molecule has 4 N–H and O–H groups in total. The van der Waals surface area contributed by atoms with Crippen LogP contribution in [-0.4, -0.2) is 52.9 Å². The number of hydrogen-bond acceptors (Lipinski definition) is 8. The number of aliphatic carboxylic acids is 1. The van der Waals surface area contributed by atoms with Crippen LogP contribution in [0.15, 0.2) is 97.1 Å². The van der Waals surface area contributed by atoms with E-state index in [1.54, 1.807) is 18.2 Å². The van der Waals surface area contributed by atoms with Crippen LogP contribution in [0.5, 0.6) is 0 Å². The van der Waals surface area contributed by atoms with Gasteiger partial charge >= 0.3 is 17.9 Å². The van der Waals surface area contributed by atoms with Crippen LogP contribution < -0.4 is 16.2 Å². The molecule has 4 aromatic carbocycles. The lowest BCUT2D eigenvalue weighted by Crippen LogP contribution is -2.54. The number of esters is 2. The van der Waals surface area contributed by atoms with Crippen molar-refractivity contribution in [3.63, 3.8) is 0 Å². The molecule has 4 rings (SSSR count). The molecule has 0 saturated carbocycles. The van der Waals surface area contributed by atoms with Crippen molar-refractivity contribution in [2.45, 2.75) is 19.1 Å². The molecule has 0 radical (unpaired) electrons. The Morgan fingerprint density at radius 3 is 1.64 bits per heavy atom. The lowest BCUT2D eigenvalue weighted by Gasteiger charge is -2.23. The zero-order chi connectivity index (χ0) is 34.1. The fourth-order valence-electron chi connectivity index (χ4n) is 3.99. The van der Waals surface area contributed by atoms with Gasteiger partial charge in [-0.05, 0) is 91.9 Å². The summed E-state index contributed by atoms with van der Waals surface area (Å²) in [5.74, 6) is -6.67. The van der Waals surface area contributed by atoms with Gasteiger partial charge in [-0.25, -0.2) is 14.4 Å². The van der Waals surface area contributed by atoms with Gasteiger partial charge in [-0.1, -0.05) is 40.9 Å². The third-order valence-electron chi connectivity index (χ3n) is 6.39. The van der Waals surface area contributed by atoms with Crippen LogP contribution in [0.3, 0.4) is 0 Å². The van der Waals surface area contributed by atoms with Crippen LogP contribution in [0.4, 0.5) is 5.69 Å². The number of aryl methyl sites for hydroxylation is 1. The van der Waals surface area contributed by atoms with Crippen molar-refractivity contribution < 1.29 is 43.3 Å². The number of hydrogen-bond donors (Lipinski definition) is 4. The molecule has 0 bridgehead atoms. The summed E-state index contributed by atoms with van der Waals surface area (Å²) in [6, 6.07) is 23.1. The Kier molecular flexibility index (Phi) is 11.3. The molecule has 0 spiro atoms. The van der Waals surface area contributed by atoms with Crippen LogP contribution >= 0.6 is 23.2 Å². The Bertz CT molecular complexity index is 1810. The summed E-state index contributed by atoms with van der Waals surface area (Å²) in [5, 5.41) is 13.2. The number of nitrogens with one attached hydrogen (secondary N) is 3. The summed E-state index contributed by atoms with van der Waals surface area (Å²) in [6.07, 6.45) is -4.62. The average molecular weight is 678 g/mol. The van der Waals surface area contributed by atoms with Crippen LogP contribution in [0.2, 0.25) is 10.0 Å². The molecule has 4 aromatic rings. The first kappa shape index (κ1) is 34.2. The first-order valence-electron chi connectivity index (χ1n) is 13.7. The maximum Gasteiger partial charge on any atom is 0.349 e. The minimum absolute atomic E-state index is 0.0394. The normalized spacial score (nSPS) is 11.7. The van der Waals surface area contributed by atoms with E-state index in [2.05, 4.69) is 10.7 Å². The lowest BCUT2D eigenvalue weighted by atomic mass is 10.1. The van der Waals surface area contributed by atoms with Gasteiger partial charge in [-0.15, -0.1) is 0 Å². The standard InChI is InChI=1S/C33H25Cl2N3O9/c1-18-3-2-4-22(17-18)28(39)36-25-15-9-19(10-16-25)29(40)37-38-30(41)26(46-32(44)20-5-11-23(34)12-6-20)27(31(42)43)47-33(45)21-7-13-24(35)14-8-21/h2-17,26-27H,1H3,(H,36,39)(H,37,40)(H,38,41)(H,42,43)/t26-,27-/m0/s1. The number of rotatable bonds is 10. The SMILES string of the molecule is Cc1cccc(C(=O)Nc2ccc(C(=O)NNC(=O)[C@@H](OC(=O)c3ccc(Cl)cc3)[C@H](OC(=O)c3ccc(Cl)cc3)C(=O)O)cc2)c1. The molecule has 47 heavy (non-hydrogen) atoms. The number of carboxylic acids is 1. The number of halogens is 2. The second kappa shape index (κ2) is 15.5. The highest BCUT2D eigenvalue weighted by atomic mass is 35.5. The maximum atomic E-state index is 13.2. The Morgan fingerprint density at radius 1 is 0.617 bits per heavy atom. The molecule has 14 heteroatoms. The Hall–Kier alpha value is -5.72. The number of ether oxygens (including phenoxy) is 2. The molecule has 0 aliphatic carbocycles. The van der Waals surface area contributed by atoms with E-state index < -0.39 is 41.9 Å². The molecule has 3 amide bonds. The highest BCUT2D eigenvalue weighted by Gasteiger charge is 2.41. The number of anilines is 1. The number of carbonyl (C=O) groups excluding carboxylic acids is 5. The number of benzene rings is 4. The molecule has 0 heterocycles. The number of hydrazine groups is 1. The second-order valence-corrected chi connectivity index (χ2v) is 10.7. The van der Waals surface area contributed by atoms with Crippen LogP contribution in [0, 0.1) is 6.92 Å². The van der Waals surface area contributed by atoms with Crippen molar-refractivity contribution in [3.8, 4) is 0 Å². The molecule has 0 aliphatic heterocycles. The van der Waals surface area contributed by atoms with Crippen LogP contribution in [-0.2, 0) is 19.1 Å². The summed E-state index contributed by atoms with van der Waals surface area (Å²) in [4.78, 5) is 76.3. The first-order chi connectivity index (χ1) is 22.4. The fourth-order valence-corrected chi connectivity index (χ4v) is 4.24. The molecule has 0 saturated heterocycles. The van der Waals surface area contributed by atoms with E-state index in [1.807, 2.05) is 18.4 Å². The maximum absolute atomic E-state index is 13.2. The molecule has 0 aromatic heterocycles. The summed E-state index contributed by atoms with van der Waals surface area (Å²) in [7, 11) is 0. The number of carbonyl (C=O) groups is 6. The van der Waals surface area contributed by atoms with E-state index in [0.717, 1.165) is 5.56 Å². The third kappa shape index (κ3) is 9.39. The van der Waals surface area contributed by atoms with Crippen molar-refractivity contribution in [1.29, 1.82) is 0 Å². The molecule has 2 atom stereocenters. The Morgan fingerprint density at radius 2 is 1.13 bits per heavy atom. The molecule has 240 valence electrons. The fraction of sp³-hybridized carbons (Fsp3) is 0.0909. The van der Waals surface area contributed by atoms with Gasteiger partial charge in [-0.2, -0.15) is 0 Å². The highest BCUT2D eigenvalue weighted by molar-refractivity contribution is 6.31. The second-order valence-electron chi connectivity index (χ2n) is 9.85. The zero-order valence-electron chi connectivity index (χ0n) is 24.4. The Labute approximate surface area is 277 Å². The van der Waals surface area contributed by atoms with E-state index in [0.29, 0.717) is 21.3 Å². The van der Waals surface area contributed by atoms with Gasteiger partial charge in [0.15, 0.2) is 0 Å². The van der Waals surface area contributed by atoms with E-state index in [4.69, 9.17) is 32.7 Å². The van der Waals surface area contributed by atoms with Crippen LogP contribution in [0.25, 0.3) is 0 Å². The van der Waals surface area contributed by atoms with Crippen molar-refractivity contribution in [2.75, 3.05) is 5.32 Å². The smallest absolute Gasteiger partial charge is 0.349 e. The van der Waals surface area contributed by atoms with Gasteiger partial charge in [0.05, 0.1) is 11.1 Å². The monoisotopic (exact) mass is 677 g/mol. The van der Waals surface area contributed by atoms with Gasteiger partial charge in [-0.3, -0.25) is 25.2 Å². The van der Waals surface area contributed by atoms with Crippen molar-refractivity contribution in [3.05, 3.63) is 135 Å². The van der Waals surface area contributed by atoms with Gasteiger partial charge in [0.25, 0.3) is 17.7 Å². The molecular weight excluding hydrogens is 653 g/mol. The predicted molar refractivity (Wildman–Crippen MR) is 170 cm³/mol. The first-order valence-corrected chi connectivity index (χ1v) is 14.4. The molecule has 0 unspecified atom stereocenters. The van der Waals surface area contributed by atoms with E-state index in [1.165, 1.54) is 72.8 Å². The summed E-state index contributed by atoms with van der Waals surface area (Å²) in [6.45, 7) is 1.85. The van der Waals surface area contributed by atoms with Crippen molar-refractivity contribution in [2.24, 2.45) is 0 Å². The minimum Gasteiger partial charge on any atom is -0.478 e. The summed E-state index contributed by atoms with van der Waals surface area (Å²) in [5.41, 5.74) is 5.67. The quantitative estimate of drug-likeness (QED) is 0.135. The predicted octanol–water partition coefficient (Wildman–Crippen LogP) is 4.85. The van der Waals surface area contributed by atoms with Gasteiger partial charge in [0, 0.05) is 26.9 Å². The van der Waals surface area contributed by atoms with E-state index in [9.17, 15) is 33.9 Å². The Balaban J connectivity index is 1.47. The molecular formula is C33H25Cl2N3O9. The van der Waals surface area contributed by atoms with Gasteiger partial charge < -0.3 is 19.9 Å². The minimum atomic E-state index is -2.34. The van der Waals surface area contributed by atoms with Crippen molar-refractivity contribution in [1.82, 2.24) is 10.9 Å². The number of amides is 3. The van der Waals surface area contributed by atoms with Gasteiger partial charge in [0.2, 0.25) is 12.2 Å². The van der Waals surface area contributed by atoms with E-state index >= 15 is 0 Å². The lowest BCUT2D eigenvalue weighted by molar-refractivity contribution is -0.159. The number of carboxylic acid groups (broad SMARTS) is 1. The largest absolute Gasteiger partial charge is 0.478 e. The zero-order valence-corrected chi connectivity index (χ0v) is 25.9. The van der Waals surface area contributed by atoms with Crippen molar-refractivity contribution >= 4 is 64.5 Å². The summed E-state index contributed by atoms with van der Waals surface area (Å²) < 4.78 is 10.3. The van der Waals surface area contributed by atoms with Gasteiger partial charge in [0.1, 0.15) is 0 Å². The highest BCUT2D eigenvalue weighted by Crippen LogP contribution is 2.17. The average Bonchev–Trinajstić information content (AvgIpc) is 3.05. The third-order valence-corrected chi connectivity index (χ3v) is 6.89. The summed E-state index contributed by atoms with van der Waals surface area (Å²) >= 11 is 11.7. The molecule has 12 nitrogen and oxygen atoms in total. The molecule has 0 aliphatic rings. The molecule has 0 fully saturated rings.